The average Bonchev–Trinajstić information content (AvgIpc) is 2.46. The van der Waals surface area contributed by atoms with Crippen molar-refractivity contribution in [3.63, 3.8) is 0 Å². The monoisotopic (exact) mass is 268 g/mol. The molecule has 0 aliphatic carbocycles. The Morgan fingerprint density at radius 3 is 2.75 bits per heavy atom. The molecule has 0 amide bonds. The van der Waals surface area contributed by atoms with E-state index in [-0.39, 0.29) is 11.3 Å². The van der Waals surface area contributed by atoms with Gasteiger partial charge >= 0.3 is 5.63 Å². The molecule has 5 heteroatoms. The molecule has 1 aromatic carbocycles. The minimum atomic E-state index is -1.03. The van der Waals surface area contributed by atoms with Crippen LogP contribution in [0.2, 0.25) is 0 Å². The number of aliphatic hydroxyl groups excluding tert-OH is 1. The topological polar surface area (TPSA) is 76.2 Å². The highest BCUT2D eigenvalue weighted by Gasteiger charge is 2.16. The molecule has 0 bridgehead atoms. The number of aromatic nitrogens is 2. The Kier molecular flexibility index (Phi) is 3.04. The van der Waals surface area contributed by atoms with Crippen molar-refractivity contribution in [1.82, 2.24) is 9.97 Å². The Hall–Kier alpha value is -2.53. The summed E-state index contributed by atoms with van der Waals surface area (Å²) in [4.78, 5) is 20.1. The number of nitrogens with zero attached hydrogens (tertiary/aromatic N) is 2. The largest absolute Gasteiger partial charge is 0.403 e. The number of hydrogen-bond acceptors (Lipinski definition) is 5. The zero-order valence-electron chi connectivity index (χ0n) is 10.8. The maximum absolute atomic E-state index is 12.0. The van der Waals surface area contributed by atoms with Gasteiger partial charge in [-0.15, -0.1) is 0 Å². The van der Waals surface area contributed by atoms with Gasteiger partial charge in [0.1, 0.15) is 11.9 Å². The highest BCUT2D eigenvalue weighted by atomic mass is 16.4. The predicted octanol–water partition coefficient (Wildman–Crippen LogP) is 1.97. The van der Waals surface area contributed by atoms with E-state index >= 15 is 0 Å². The van der Waals surface area contributed by atoms with Crippen LogP contribution in [0.1, 0.15) is 23.1 Å². The van der Waals surface area contributed by atoms with Crippen molar-refractivity contribution in [2.45, 2.75) is 13.0 Å². The number of aliphatic hydroxyl groups is 1. The molecular formula is C15H12N2O3. The van der Waals surface area contributed by atoms with Crippen molar-refractivity contribution in [2.24, 2.45) is 0 Å². The first kappa shape index (κ1) is 12.5. The lowest BCUT2D eigenvalue weighted by Gasteiger charge is -2.10. The predicted molar refractivity (Wildman–Crippen MR) is 73.3 cm³/mol. The highest BCUT2D eigenvalue weighted by molar-refractivity contribution is 5.72. The van der Waals surface area contributed by atoms with Crippen molar-refractivity contribution < 1.29 is 9.52 Å². The van der Waals surface area contributed by atoms with E-state index in [1.54, 1.807) is 43.5 Å². The van der Waals surface area contributed by atoms with E-state index < -0.39 is 11.7 Å². The number of aryl methyl sites for hydroxylation is 1. The molecule has 1 N–H and O–H groups in total. The van der Waals surface area contributed by atoms with Gasteiger partial charge in [-0.25, -0.2) is 9.78 Å². The number of rotatable bonds is 2. The summed E-state index contributed by atoms with van der Waals surface area (Å²) in [6, 6.07) is 10.5. The fraction of sp³-hybridized carbons (Fsp3) is 0.133. The van der Waals surface area contributed by atoms with Gasteiger partial charge in [-0.1, -0.05) is 30.3 Å². The van der Waals surface area contributed by atoms with E-state index in [4.69, 9.17) is 4.42 Å². The van der Waals surface area contributed by atoms with Crippen molar-refractivity contribution >= 4 is 11.1 Å². The maximum Gasteiger partial charge on any atom is 0.343 e. The van der Waals surface area contributed by atoms with Crippen LogP contribution in [0.25, 0.3) is 11.1 Å². The fourth-order valence-electron chi connectivity index (χ4n) is 2.02. The average molecular weight is 268 g/mol. The molecule has 1 unspecified atom stereocenters. The smallest absolute Gasteiger partial charge is 0.343 e. The van der Waals surface area contributed by atoms with E-state index in [9.17, 15) is 9.90 Å². The normalized spacial score (nSPS) is 12.5. The Balaban J connectivity index is 2.15. The van der Waals surface area contributed by atoms with Crippen LogP contribution in [0, 0.1) is 6.92 Å². The minimum absolute atomic E-state index is 0.177. The summed E-state index contributed by atoms with van der Waals surface area (Å²) in [6.07, 6.45) is 0.542. The van der Waals surface area contributed by atoms with E-state index in [0.717, 1.165) is 0 Å². The third-order valence-electron chi connectivity index (χ3n) is 3.05. The molecule has 0 spiro atoms. The molecule has 2 heterocycles. The summed E-state index contributed by atoms with van der Waals surface area (Å²) in [5, 5.41) is 10.9. The van der Waals surface area contributed by atoms with Gasteiger partial charge in [-0.3, -0.25) is 0 Å². The van der Waals surface area contributed by atoms with Crippen molar-refractivity contribution in [1.29, 1.82) is 0 Å². The molecule has 0 saturated carbocycles. The van der Waals surface area contributed by atoms with Crippen molar-refractivity contribution in [2.75, 3.05) is 0 Å². The lowest BCUT2D eigenvalue weighted by molar-refractivity contribution is 0.215. The molecule has 0 radical (unpaired) electrons. The van der Waals surface area contributed by atoms with Crippen LogP contribution in [0.15, 0.2) is 51.8 Å². The first-order valence-corrected chi connectivity index (χ1v) is 6.15. The van der Waals surface area contributed by atoms with Crippen LogP contribution >= 0.6 is 0 Å². The Labute approximate surface area is 114 Å². The zero-order valence-corrected chi connectivity index (χ0v) is 10.8. The number of benzene rings is 1. The first-order chi connectivity index (χ1) is 9.65. The molecule has 0 fully saturated rings. The van der Waals surface area contributed by atoms with Crippen LogP contribution in [-0.4, -0.2) is 15.1 Å². The lowest BCUT2D eigenvalue weighted by Crippen LogP contribution is -2.13. The molecule has 3 rings (SSSR count). The fourth-order valence-corrected chi connectivity index (χ4v) is 2.02. The Bertz CT molecular complexity index is 812. The molecule has 100 valence electrons. The van der Waals surface area contributed by atoms with Gasteiger partial charge in [-0.05, 0) is 18.6 Å². The van der Waals surface area contributed by atoms with E-state index in [1.807, 2.05) is 6.07 Å². The lowest BCUT2D eigenvalue weighted by atomic mass is 10.0. The van der Waals surface area contributed by atoms with E-state index in [1.165, 1.54) is 0 Å². The second kappa shape index (κ2) is 4.86. The third kappa shape index (κ3) is 2.19. The molecule has 3 aromatic rings. The Morgan fingerprint density at radius 2 is 2.00 bits per heavy atom. The van der Waals surface area contributed by atoms with Gasteiger partial charge in [-0.2, -0.15) is 4.98 Å². The number of hydrogen-bond donors (Lipinski definition) is 1. The number of fused-ring (bicyclic) bond motifs is 1. The summed E-state index contributed by atoms with van der Waals surface area (Å²) in [6.45, 7) is 1.71. The summed E-state index contributed by atoms with van der Waals surface area (Å²) < 4.78 is 5.15. The summed E-state index contributed by atoms with van der Waals surface area (Å²) >= 11 is 0. The summed E-state index contributed by atoms with van der Waals surface area (Å²) in [7, 11) is 0. The van der Waals surface area contributed by atoms with Crippen LogP contribution in [-0.2, 0) is 0 Å². The molecule has 2 aromatic heterocycles. The van der Waals surface area contributed by atoms with Crippen molar-refractivity contribution in [3.8, 4) is 0 Å². The van der Waals surface area contributed by atoms with Crippen LogP contribution in [0.3, 0.4) is 0 Å². The maximum atomic E-state index is 12.0. The standard InChI is InChI=1S/C15H12N2O3/c1-9-16-8-11-7-12(15(19)20-14(11)17-9)13(18)10-5-3-2-4-6-10/h2-8,13,18H,1H3. The second-order valence-electron chi connectivity index (χ2n) is 4.48. The highest BCUT2D eigenvalue weighted by Crippen LogP contribution is 2.21. The van der Waals surface area contributed by atoms with Crippen molar-refractivity contribution in [3.05, 3.63) is 70.0 Å². The summed E-state index contributed by atoms with van der Waals surface area (Å²) in [5.74, 6) is 0.525. The summed E-state index contributed by atoms with van der Waals surface area (Å²) in [5.41, 5.74) is 0.446. The van der Waals surface area contributed by atoms with Gasteiger partial charge in [0.25, 0.3) is 0 Å². The molecule has 20 heavy (non-hydrogen) atoms. The first-order valence-electron chi connectivity index (χ1n) is 6.15. The van der Waals surface area contributed by atoms with Gasteiger partial charge in [0.2, 0.25) is 5.71 Å². The minimum Gasteiger partial charge on any atom is -0.403 e. The van der Waals surface area contributed by atoms with Crippen LogP contribution < -0.4 is 5.63 Å². The van der Waals surface area contributed by atoms with Crippen LogP contribution in [0.5, 0.6) is 0 Å². The molecular weight excluding hydrogens is 256 g/mol. The molecule has 1 atom stereocenters. The quantitative estimate of drug-likeness (QED) is 0.769. The third-order valence-corrected chi connectivity index (χ3v) is 3.05. The van der Waals surface area contributed by atoms with E-state index in [0.29, 0.717) is 16.8 Å². The van der Waals surface area contributed by atoms with Gasteiger partial charge < -0.3 is 9.52 Å². The van der Waals surface area contributed by atoms with E-state index in [2.05, 4.69) is 9.97 Å². The molecule has 0 aliphatic heterocycles. The SMILES string of the molecule is Cc1ncc2cc(C(O)c3ccccc3)c(=O)oc2n1. The van der Waals surface area contributed by atoms with Gasteiger partial charge in [0.15, 0.2) is 0 Å². The second-order valence-corrected chi connectivity index (χ2v) is 4.48. The van der Waals surface area contributed by atoms with Gasteiger partial charge in [0.05, 0.1) is 10.9 Å². The molecule has 5 nitrogen and oxygen atoms in total. The molecule has 0 saturated heterocycles. The van der Waals surface area contributed by atoms with Crippen LogP contribution in [0.4, 0.5) is 0 Å². The zero-order chi connectivity index (χ0) is 14.1. The van der Waals surface area contributed by atoms with Gasteiger partial charge in [0, 0.05) is 6.20 Å². The Morgan fingerprint density at radius 1 is 1.25 bits per heavy atom. The molecule has 0 aliphatic rings.